The third-order valence-corrected chi connectivity index (χ3v) is 6.33. The number of hydrogen-bond acceptors (Lipinski definition) is 2. The normalized spacial score (nSPS) is 38.0. The van der Waals surface area contributed by atoms with Crippen molar-refractivity contribution in [1.82, 2.24) is 5.32 Å². The first-order valence-electron chi connectivity index (χ1n) is 7.98. The van der Waals surface area contributed by atoms with E-state index in [1.54, 1.807) is 0 Å². The van der Waals surface area contributed by atoms with Gasteiger partial charge >= 0.3 is 0 Å². The smallest absolute Gasteiger partial charge is 0.00704 e. The molecule has 0 saturated heterocycles. The van der Waals surface area contributed by atoms with E-state index in [1.807, 2.05) is 0 Å². The van der Waals surface area contributed by atoms with Gasteiger partial charge in [0.05, 0.1) is 0 Å². The Labute approximate surface area is 118 Å². The van der Waals surface area contributed by atoms with Gasteiger partial charge in [0, 0.05) is 17.3 Å². The summed E-state index contributed by atoms with van der Waals surface area (Å²) in [4.78, 5) is 0. The molecule has 1 N–H and O–H groups in total. The highest BCUT2D eigenvalue weighted by atomic mass is 32.2. The van der Waals surface area contributed by atoms with E-state index >= 15 is 0 Å². The monoisotopic (exact) mass is 269 g/mol. The quantitative estimate of drug-likeness (QED) is 0.808. The van der Waals surface area contributed by atoms with E-state index in [0.717, 1.165) is 29.2 Å². The van der Waals surface area contributed by atoms with Crippen molar-refractivity contribution in [2.45, 2.75) is 82.5 Å². The summed E-state index contributed by atoms with van der Waals surface area (Å²) in [6, 6.07) is 1.66. The van der Waals surface area contributed by atoms with E-state index in [-0.39, 0.29) is 0 Å². The minimum absolute atomic E-state index is 0.828. The van der Waals surface area contributed by atoms with Gasteiger partial charge in [-0.25, -0.2) is 0 Å². The molecule has 0 amide bonds. The summed E-state index contributed by atoms with van der Waals surface area (Å²) < 4.78 is 0. The zero-order valence-corrected chi connectivity index (χ0v) is 13.3. The molecule has 0 radical (unpaired) electrons. The molecule has 2 aliphatic carbocycles. The standard InChI is InChI=1S/C16H31NS/c1-12(2)13-4-6-14(7-5-13)17-15-8-10-16(18-3)11-9-15/h12-17H,4-11H2,1-3H3. The van der Waals surface area contributed by atoms with Gasteiger partial charge in [-0.1, -0.05) is 13.8 Å². The fourth-order valence-corrected chi connectivity index (χ4v) is 4.49. The number of hydrogen-bond donors (Lipinski definition) is 1. The third-order valence-electron chi connectivity index (χ3n) is 5.19. The van der Waals surface area contributed by atoms with Crippen LogP contribution in [0.4, 0.5) is 0 Å². The van der Waals surface area contributed by atoms with E-state index in [9.17, 15) is 0 Å². The molecule has 2 heteroatoms. The van der Waals surface area contributed by atoms with Crippen molar-refractivity contribution >= 4 is 11.8 Å². The van der Waals surface area contributed by atoms with Crippen molar-refractivity contribution in [3.63, 3.8) is 0 Å². The molecule has 2 fully saturated rings. The van der Waals surface area contributed by atoms with Gasteiger partial charge in [-0.3, -0.25) is 0 Å². The summed E-state index contributed by atoms with van der Waals surface area (Å²) in [5.74, 6) is 1.89. The molecule has 0 bridgehead atoms. The second-order valence-corrected chi connectivity index (χ2v) is 7.87. The van der Waals surface area contributed by atoms with Crippen LogP contribution in [0.3, 0.4) is 0 Å². The Bertz CT molecular complexity index is 225. The summed E-state index contributed by atoms with van der Waals surface area (Å²) >= 11 is 2.07. The van der Waals surface area contributed by atoms with Crippen LogP contribution in [0.2, 0.25) is 0 Å². The first-order valence-corrected chi connectivity index (χ1v) is 9.26. The maximum Gasteiger partial charge on any atom is 0.00704 e. The fraction of sp³-hybridized carbons (Fsp3) is 1.00. The molecular formula is C16H31NS. The third kappa shape index (κ3) is 4.16. The molecule has 0 spiro atoms. The van der Waals surface area contributed by atoms with Crippen molar-refractivity contribution in [2.24, 2.45) is 11.8 Å². The molecule has 0 aromatic rings. The molecule has 0 atom stereocenters. The van der Waals surface area contributed by atoms with Crippen LogP contribution in [-0.4, -0.2) is 23.6 Å². The van der Waals surface area contributed by atoms with Gasteiger partial charge in [0.1, 0.15) is 0 Å². The molecule has 18 heavy (non-hydrogen) atoms. The molecule has 1 nitrogen and oxygen atoms in total. The van der Waals surface area contributed by atoms with Crippen LogP contribution in [0.15, 0.2) is 0 Å². The van der Waals surface area contributed by atoms with Crippen LogP contribution in [0.1, 0.15) is 65.2 Å². The van der Waals surface area contributed by atoms with Gasteiger partial charge in [0.25, 0.3) is 0 Å². The molecule has 2 aliphatic rings. The topological polar surface area (TPSA) is 12.0 Å². The predicted molar refractivity (Wildman–Crippen MR) is 83.3 cm³/mol. The van der Waals surface area contributed by atoms with Crippen molar-refractivity contribution in [1.29, 1.82) is 0 Å². The van der Waals surface area contributed by atoms with E-state index in [4.69, 9.17) is 0 Å². The Morgan fingerprint density at radius 3 is 1.78 bits per heavy atom. The molecule has 0 aromatic carbocycles. The molecule has 0 aliphatic heterocycles. The van der Waals surface area contributed by atoms with Crippen molar-refractivity contribution in [3.8, 4) is 0 Å². The van der Waals surface area contributed by atoms with Crippen LogP contribution >= 0.6 is 11.8 Å². The largest absolute Gasteiger partial charge is 0.311 e. The summed E-state index contributed by atoms with van der Waals surface area (Å²) in [5, 5.41) is 4.90. The molecule has 2 rings (SSSR count). The molecule has 0 aromatic heterocycles. The van der Waals surface area contributed by atoms with E-state index < -0.39 is 0 Å². The van der Waals surface area contributed by atoms with E-state index in [2.05, 4.69) is 37.2 Å². The summed E-state index contributed by atoms with van der Waals surface area (Å²) in [5.41, 5.74) is 0. The van der Waals surface area contributed by atoms with Crippen LogP contribution in [0, 0.1) is 11.8 Å². The van der Waals surface area contributed by atoms with E-state index in [1.165, 1.54) is 51.4 Å². The Kier molecular flexibility index (Phi) is 5.88. The van der Waals surface area contributed by atoms with Gasteiger partial charge in [-0.2, -0.15) is 11.8 Å². The Morgan fingerprint density at radius 1 is 0.833 bits per heavy atom. The minimum atomic E-state index is 0.828. The van der Waals surface area contributed by atoms with Gasteiger partial charge < -0.3 is 5.32 Å². The van der Waals surface area contributed by atoms with Gasteiger partial charge in [0.2, 0.25) is 0 Å². The van der Waals surface area contributed by atoms with Gasteiger partial charge in [-0.05, 0) is 69.5 Å². The molecule has 2 saturated carbocycles. The summed E-state index contributed by atoms with van der Waals surface area (Å²) in [7, 11) is 0. The average molecular weight is 269 g/mol. The Balaban J connectivity index is 1.66. The van der Waals surface area contributed by atoms with Gasteiger partial charge in [-0.15, -0.1) is 0 Å². The zero-order valence-electron chi connectivity index (χ0n) is 12.5. The first kappa shape index (κ1) is 14.7. The van der Waals surface area contributed by atoms with Crippen LogP contribution in [0.5, 0.6) is 0 Å². The second kappa shape index (κ2) is 7.19. The van der Waals surface area contributed by atoms with Crippen LogP contribution < -0.4 is 5.32 Å². The number of rotatable bonds is 4. The average Bonchev–Trinajstić information content (AvgIpc) is 2.40. The van der Waals surface area contributed by atoms with Crippen molar-refractivity contribution in [2.75, 3.05) is 6.26 Å². The highest BCUT2D eigenvalue weighted by Crippen LogP contribution is 2.32. The SMILES string of the molecule is CSC1CCC(NC2CCC(C(C)C)CC2)CC1. The first-order chi connectivity index (χ1) is 8.69. The summed E-state index contributed by atoms with van der Waals surface area (Å²) in [6.07, 6.45) is 13.7. The Morgan fingerprint density at radius 2 is 1.33 bits per heavy atom. The second-order valence-electron chi connectivity index (χ2n) is 6.73. The highest BCUT2D eigenvalue weighted by molar-refractivity contribution is 7.99. The lowest BCUT2D eigenvalue weighted by molar-refractivity contribution is 0.218. The predicted octanol–water partition coefficient (Wildman–Crippen LogP) is 4.47. The molecule has 0 unspecified atom stereocenters. The summed E-state index contributed by atoms with van der Waals surface area (Å²) in [6.45, 7) is 4.78. The molecular weight excluding hydrogens is 238 g/mol. The van der Waals surface area contributed by atoms with Crippen LogP contribution in [-0.2, 0) is 0 Å². The number of nitrogens with one attached hydrogen (secondary N) is 1. The Hall–Kier alpha value is 0.310. The lowest BCUT2D eigenvalue weighted by Gasteiger charge is -2.36. The lowest BCUT2D eigenvalue weighted by atomic mass is 9.79. The van der Waals surface area contributed by atoms with Crippen molar-refractivity contribution in [3.05, 3.63) is 0 Å². The highest BCUT2D eigenvalue weighted by Gasteiger charge is 2.26. The van der Waals surface area contributed by atoms with Crippen LogP contribution in [0.25, 0.3) is 0 Å². The lowest BCUT2D eigenvalue weighted by Crippen LogP contribution is -2.43. The van der Waals surface area contributed by atoms with Crippen molar-refractivity contribution < 1.29 is 0 Å². The maximum atomic E-state index is 3.95. The number of thioether (sulfide) groups is 1. The fourth-order valence-electron chi connectivity index (χ4n) is 3.75. The minimum Gasteiger partial charge on any atom is -0.311 e. The maximum absolute atomic E-state index is 3.95. The van der Waals surface area contributed by atoms with E-state index in [0.29, 0.717) is 0 Å². The molecule has 0 heterocycles. The molecule has 106 valence electrons. The van der Waals surface area contributed by atoms with Gasteiger partial charge in [0.15, 0.2) is 0 Å². The zero-order chi connectivity index (χ0) is 13.0.